The van der Waals surface area contributed by atoms with Crippen LogP contribution in [-0.2, 0) is 4.74 Å². The fourth-order valence-electron chi connectivity index (χ4n) is 2.78. The lowest BCUT2D eigenvalue weighted by Crippen LogP contribution is -2.40. The molecule has 126 valence electrons. The minimum Gasteiger partial charge on any atom is -0.352 e. The van der Waals surface area contributed by atoms with Crippen LogP contribution in [0.5, 0.6) is 0 Å². The molecule has 2 aromatic rings. The van der Waals surface area contributed by atoms with Crippen molar-refractivity contribution in [1.82, 2.24) is 4.90 Å². The van der Waals surface area contributed by atoms with Gasteiger partial charge in [-0.15, -0.1) is 0 Å². The van der Waals surface area contributed by atoms with Gasteiger partial charge in [0.25, 0.3) is 0 Å². The van der Waals surface area contributed by atoms with Crippen molar-refractivity contribution in [1.29, 1.82) is 0 Å². The standard InChI is InChI=1S/C18H18Cl2N2O2/c1-2-16-11-24-17(12-6-8-13(19)9-7-12)22(16)18(23)21-15-5-3-4-14(20)10-15/h3-10,16-17H,2,11H2,1H3,(H,21,23). The Hall–Kier alpha value is -1.75. The maximum Gasteiger partial charge on any atom is 0.324 e. The highest BCUT2D eigenvalue weighted by Gasteiger charge is 2.38. The molecule has 0 aromatic heterocycles. The van der Waals surface area contributed by atoms with E-state index in [4.69, 9.17) is 27.9 Å². The predicted molar refractivity (Wildman–Crippen MR) is 96.5 cm³/mol. The molecule has 4 nitrogen and oxygen atoms in total. The lowest BCUT2D eigenvalue weighted by Gasteiger charge is -2.28. The highest BCUT2D eigenvalue weighted by Crippen LogP contribution is 2.33. The van der Waals surface area contributed by atoms with Crippen LogP contribution in [0, 0.1) is 0 Å². The first-order chi connectivity index (χ1) is 11.6. The first-order valence-electron chi connectivity index (χ1n) is 7.80. The van der Waals surface area contributed by atoms with E-state index in [-0.39, 0.29) is 12.1 Å². The Labute approximate surface area is 151 Å². The van der Waals surface area contributed by atoms with Gasteiger partial charge in [0.2, 0.25) is 0 Å². The Morgan fingerprint density at radius 2 is 1.96 bits per heavy atom. The van der Waals surface area contributed by atoms with E-state index in [0.717, 1.165) is 12.0 Å². The van der Waals surface area contributed by atoms with Crippen LogP contribution in [0.25, 0.3) is 0 Å². The van der Waals surface area contributed by atoms with E-state index in [9.17, 15) is 4.79 Å². The van der Waals surface area contributed by atoms with Crippen LogP contribution in [0.1, 0.15) is 25.1 Å². The minimum atomic E-state index is -0.425. The lowest BCUT2D eigenvalue weighted by atomic mass is 10.1. The van der Waals surface area contributed by atoms with Gasteiger partial charge in [-0.2, -0.15) is 0 Å². The van der Waals surface area contributed by atoms with E-state index < -0.39 is 6.23 Å². The minimum absolute atomic E-state index is 0.0184. The van der Waals surface area contributed by atoms with Crippen LogP contribution >= 0.6 is 23.2 Å². The molecule has 1 aliphatic heterocycles. The Morgan fingerprint density at radius 1 is 1.21 bits per heavy atom. The largest absolute Gasteiger partial charge is 0.352 e. The molecular formula is C18H18Cl2N2O2. The van der Waals surface area contributed by atoms with Gasteiger partial charge in [-0.1, -0.05) is 48.3 Å². The molecule has 0 aliphatic carbocycles. The van der Waals surface area contributed by atoms with Gasteiger partial charge in [0.1, 0.15) is 0 Å². The number of amides is 2. The van der Waals surface area contributed by atoms with Crippen LogP contribution in [0.15, 0.2) is 48.5 Å². The predicted octanol–water partition coefficient (Wildman–Crippen LogP) is 5.33. The van der Waals surface area contributed by atoms with Gasteiger partial charge >= 0.3 is 6.03 Å². The van der Waals surface area contributed by atoms with Gasteiger partial charge in [0.05, 0.1) is 12.6 Å². The summed E-state index contributed by atoms with van der Waals surface area (Å²) < 4.78 is 5.87. The summed E-state index contributed by atoms with van der Waals surface area (Å²) in [4.78, 5) is 14.6. The van der Waals surface area contributed by atoms with Crippen LogP contribution in [0.2, 0.25) is 10.0 Å². The maximum absolute atomic E-state index is 12.8. The molecule has 2 atom stereocenters. The second-order valence-electron chi connectivity index (χ2n) is 5.65. The number of benzene rings is 2. The fraction of sp³-hybridized carbons (Fsp3) is 0.278. The number of urea groups is 1. The number of hydrogen-bond acceptors (Lipinski definition) is 2. The summed E-state index contributed by atoms with van der Waals surface area (Å²) in [6.45, 7) is 2.55. The monoisotopic (exact) mass is 364 g/mol. The zero-order valence-corrected chi connectivity index (χ0v) is 14.7. The first-order valence-corrected chi connectivity index (χ1v) is 8.56. The molecule has 1 aliphatic rings. The number of nitrogens with zero attached hydrogens (tertiary/aromatic N) is 1. The molecule has 2 amide bonds. The zero-order chi connectivity index (χ0) is 17.1. The highest BCUT2D eigenvalue weighted by molar-refractivity contribution is 6.31. The molecule has 1 saturated heterocycles. The summed E-state index contributed by atoms with van der Waals surface area (Å²) in [5, 5.41) is 4.12. The number of halogens is 2. The van der Waals surface area contributed by atoms with Gasteiger partial charge in [0, 0.05) is 21.3 Å². The molecule has 2 aromatic carbocycles. The molecular weight excluding hydrogens is 347 g/mol. The second-order valence-corrected chi connectivity index (χ2v) is 6.52. The van der Waals surface area contributed by atoms with Crippen molar-refractivity contribution in [2.75, 3.05) is 11.9 Å². The number of ether oxygens (including phenoxy) is 1. The molecule has 0 spiro atoms. The second kappa shape index (κ2) is 7.43. The summed E-state index contributed by atoms with van der Waals surface area (Å²) in [6.07, 6.45) is 0.388. The van der Waals surface area contributed by atoms with Crippen LogP contribution < -0.4 is 5.32 Å². The summed E-state index contributed by atoms with van der Waals surface area (Å²) in [7, 11) is 0. The number of rotatable bonds is 3. The number of carbonyl (C=O) groups excluding carboxylic acids is 1. The van der Waals surface area contributed by atoms with Crippen molar-refractivity contribution in [3.63, 3.8) is 0 Å². The molecule has 1 fully saturated rings. The third-order valence-corrected chi connectivity index (χ3v) is 4.52. The topological polar surface area (TPSA) is 41.6 Å². The van der Waals surface area contributed by atoms with Crippen molar-refractivity contribution < 1.29 is 9.53 Å². The fourth-order valence-corrected chi connectivity index (χ4v) is 3.10. The Kier molecular flexibility index (Phi) is 5.29. The van der Waals surface area contributed by atoms with E-state index >= 15 is 0 Å². The molecule has 0 bridgehead atoms. The average Bonchev–Trinajstić information content (AvgIpc) is 2.99. The van der Waals surface area contributed by atoms with Gasteiger partial charge in [-0.3, -0.25) is 4.90 Å². The van der Waals surface area contributed by atoms with E-state index in [1.807, 2.05) is 19.1 Å². The summed E-state index contributed by atoms with van der Waals surface area (Å²) in [6, 6.07) is 14.3. The molecule has 1 N–H and O–H groups in total. The number of carbonyl (C=O) groups is 1. The molecule has 0 radical (unpaired) electrons. The van der Waals surface area contributed by atoms with E-state index in [2.05, 4.69) is 5.32 Å². The molecule has 6 heteroatoms. The van der Waals surface area contributed by atoms with Crippen molar-refractivity contribution in [3.8, 4) is 0 Å². The summed E-state index contributed by atoms with van der Waals surface area (Å²) in [5.41, 5.74) is 1.56. The lowest BCUT2D eigenvalue weighted by molar-refractivity contribution is 0.0509. The van der Waals surface area contributed by atoms with Crippen molar-refractivity contribution >= 4 is 34.9 Å². The normalized spacial score (nSPS) is 20.2. The van der Waals surface area contributed by atoms with Gasteiger partial charge in [0.15, 0.2) is 6.23 Å². The van der Waals surface area contributed by atoms with Gasteiger partial charge in [-0.25, -0.2) is 4.79 Å². The SMILES string of the molecule is CCC1COC(c2ccc(Cl)cc2)N1C(=O)Nc1cccc(Cl)c1. The zero-order valence-electron chi connectivity index (χ0n) is 13.2. The summed E-state index contributed by atoms with van der Waals surface area (Å²) >= 11 is 11.9. The number of hydrogen-bond donors (Lipinski definition) is 1. The average molecular weight is 365 g/mol. The van der Waals surface area contributed by atoms with Crippen molar-refractivity contribution in [2.24, 2.45) is 0 Å². The maximum atomic E-state index is 12.8. The number of anilines is 1. The smallest absolute Gasteiger partial charge is 0.324 e. The Bertz CT molecular complexity index is 721. The Morgan fingerprint density at radius 3 is 2.62 bits per heavy atom. The summed E-state index contributed by atoms with van der Waals surface area (Å²) in [5.74, 6) is 0. The molecule has 3 rings (SSSR count). The third-order valence-electron chi connectivity index (χ3n) is 4.03. The van der Waals surface area contributed by atoms with Crippen LogP contribution in [0.4, 0.5) is 10.5 Å². The van der Waals surface area contributed by atoms with Gasteiger partial charge in [-0.05, 0) is 36.8 Å². The van der Waals surface area contributed by atoms with Crippen LogP contribution in [0.3, 0.4) is 0 Å². The van der Waals surface area contributed by atoms with E-state index in [1.54, 1.807) is 41.3 Å². The van der Waals surface area contributed by atoms with Crippen LogP contribution in [-0.4, -0.2) is 23.6 Å². The molecule has 2 unspecified atom stereocenters. The third kappa shape index (κ3) is 3.66. The molecule has 24 heavy (non-hydrogen) atoms. The Balaban J connectivity index is 1.83. The first kappa shape index (κ1) is 17.1. The highest BCUT2D eigenvalue weighted by atomic mass is 35.5. The number of nitrogens with one attached hydrogen (secondary N) is 1. The molecule has 1 heterocycles. The quantitative estimate of drug-likeness (QED) is 0.798. The van der Waals surface area contributed by atoms with Crippen molar-refractivity contribution in [2.45, 2.75) is 25.6 Å². The van der Waals surface area contributed by atoms with E-state index in [0.29, 0.717) is 22.3 Å². The van der Waals surface area contributed by atoms with Gasteiger partial charge < -0.3 is 10.1 Å². The molecule has 0 saturated carbocycles. The van der Waals surface area contributed by atoms with E-state index in [1.165, 1.54) is 0 Å². The van der Waals surface area contributed by atoms with Crippen molar-refractivity contribution in [3.05, 3.63) is 64.1 Å².